The Balaban J connectivity index is 2.64. The Bertz CT molecular complexity index is 579. The van der Waals surface area contributed by atoms with Crippen molar-refractivity contribution < 1.29 is 0 Å². The summed E-state index contributed by atoms with van der Waals surface area (Å²) in [6.07, 6.45) is 2.00. The number of nitrogen functional groups attached to an aromatic ring is 1. The quantitative estimate of drug-likeness (QED) is 0.799. The molecule has 0 saturated heterocycles. The molecule has 0 bridgehead atoms. The van der Waals surface area contributed by atoms with E-state index in [9.17, 15) is 0 Å². The van der Waals surface area contributed by atoms with Crippen molar-refractivity contribution in [3.8, 4) is 11.1 Å². The molecule has 96 valence electrons. The molecular weight excluding hydrogens is 246 g/mol. The molecule has 0 aliphatic rings. The molecule has 0 aliphatic carbocycles. The van der Waals surface area contributed by atoms with Crippen LogP contribution in [-0.2, 0) is 12.5 Å². The van der Waals surface area contributed by atoms with E-state index >= 15 is 0 Å². The molecule has 2 aromatic rings. The molecule has 0 atom stereocenters. The molecule has 0 radical (unpaired) electrons. The minimum absolute atomic E-state index is 0.0265. The first-order valence-electron chi connectivity index (χ1n) is 5.88. The summed E-state index contributed by atoms with van der Waals surface area (Å²) in [4.78, 5) is 0. The van der Waals surface area contributed by atoms with Gasteiger partial charge in [-0.05, 0) is 12.1 Å². The maximum Gasteiger partial charge on any atom is 0.0756 e. The minimum atomic E-state index is -0.0265. The van der Waals surface area contributed by atoms with Gasteiger partial charge in [0, 0.05) is 35.5 Å². The maximum atomic E-state index is 6.28. The van der Waals surface area contributed by atoms with E-state index in [2.05, 4.69) is 25.9 Å². The summed E-state index contributed by atoms with van der Waals surface area (Å²) in [5.74, 6) is 0. The Morgan fingerprint density at radius 1 is 1.22 bits per heavy atom. The lowest BCUT2D eigenvalue weighted by Gasteiger charge is -2.18. The van der Waals surface area contributed by atoms with Crippen LogP contribution in [0.1, 0.15) is 26.5 Å². The van der Waals surface area contributed by atoms with Crippen LogP contribution in [0.25, 0.3) is 11.1 Å². The van der Waals surface area contributed by atoms with Gasteiger partial charge >= 0.3 is 0 Å². The Labute approximate surface area is 113 Å². The lowest BCUT2D eigenvalue weighted by atomic mass is 9.87. The number of nitrogens with zero attached hydrogens (tertiary/aromatic N) is 2. The number of nitrogens with two attached hydrogens (primary N) is 1. The van der Waals surface area contributed by atoms with Gasteiger partial charge in [0.2, 0.25) is 0 Å². The highest BCUT2D eigenvalue weighted by Crippen LogP contribution is 2.36. The zero-order chi connectivity index (χ0) is 13.5. The predicted molar refractivity (Wildman–Crippen MR) is 76.8 cm³/mol. The van der Waals surface area contributed by atoms with Crippen LogP contribution in [-0.4, -0.2) is 9.78 Å². The summed E-state index contributed by atoms with van der Waals surface area (Å²) < 4.78 is 1.82. The molecule has 1 aromatic heterocycles. The van der Waals surface area contributed by atoms with E-state index in [0.29, 0.717) is 10.7 Å². The number of aryl methyl sites for hydroxylation is 1. The molecule has 0 spiro atoms. The maximum absolute atomic E-state index is 6.28. The monoisotopic (exact) mass is 263 g/mol. The smallest absolute Gasteiger partial charge is 0.0756 e. The van der Waals surface area contributed by atoms with Crippen molar-refractivity contribution in [1.29, 1.82) is 0 Å². The zero-order valence-corrected chi connectivity index (χ0v) is 11.9. The van der Waals surface area contributed by atoms with Crippen LogP contribution < -0.4 is 5.73 Å². The molecule has 2 rings (SSSR count). The van der Waals surface area contributed by atoms with Gasteiger partial charge in [0.1, 0.15) is 0 Å². The minimum Gasteiger partial charge on any atom is -0.399 e. The number of hydrogen-bond acceptors (Lipinski definition) is 2. The van der Waals surface area contributed by atoms with E-state index in [-0.39, 0.29) is 5.41 Å². The molecule has 1 heterocycles. The fourth-order valence-electron chi connectivity index (χ4n) is 1.99. The average Bonchev–Trinajstić information content (AvgIpc) is 2.59. The van der Waals surface area contributed by atoms with Crippen LogP contribution in [0.5, 0.6) is 0 Å². The number of rotatable bonds is 1. The van der Waals surface area contributed by atoms with Crippen LogP contribution in [0.2, 0.25) is 5.02 Å². The topological polar surface area (TPSA) is 43.8 Å². The molecule has 0 fully saturated rings. The molecule has 4 heteroatoms. The van der Waals surface area contributed by atoms with Gasteiger partial charge in [-0.3, -0.25) is 4.68 Å². The Hall–Kier alpha value is -1.48. The van der Waals surface area contributed by atoms with Gasteiger partial charge in [0.25, 0.3) is 0 Å². The molecule has 0 saturated carbocycles. The average molecular weight is 264 g/mol. The van der Waals surface area contributed by atoms with E-state index in [0.717, 1.165) is 16.8 Å². The van der Waals surface area contributed by atoms with Crippen molar-refractivity contribution in [3.05, 3.63) is 35.1 Å². The first kappa shape index (κ1) is 13.0. The lowest BCUT2D eigenvalue weighted by molar-refractivity contribution is 0.554. The summed E-state index contributed by atoms with van der Waals surface area (Å²) in [7, 11) is 1.92. The summed E-state index contributed by atoms with van der Waals surface area (Å²) in [5, 5.41) is 5.21. The Morgan fingerprint density at radius 3 is 2.44 bits per heavy atom. The standard InChI is InChI=1S/C14H18ClN3/c1-14(2,3)13-11(8-18(4)17-13)10-6-5-9(16)7-12(10)15/h5-8H,16H2,1-4H3. The van der Waals surface area contributed by atoms with Gasteiger partial charge in [-0.15, -0.1) is 0 Å². The van der Waals surface area contributed by atoms with E-state index in [4.69, 9.17) is 17.3 Å². The molecule has 3 nitrogen and oxygen atoms in total. The molecule has 18 heavy (non-hydrogen) atoms. The SMILES string of the molecule is Cn1cc(-c2ccc(N)cc2Cl)c(C(C)(C)C)n1. The summed E-state index contributed by atoms with van der Waals surface area (Å²) in [6.45, 7) is 6.43. The van der Waals surface area contributed by atoms with Gasteiger partial charge in [0.05, 0.1) is 10.7 Å². The molecule has 0 aliphatic heterocycles. The van der Waals surface area contributed by atoms with Gasteiger partial charge in [0.15, 0.2) is 0 Å². The predicted octanol–water partition coefficient (Wildman–Crippen LogP) is 3.62. The van der Waals surface area contributed by atoms with Gasteiger partial charge in [-0.25, -0.2) is 0 Å². The van der Waals surface area contributed by atoms with Gasteiger partial charge in [-0.1, -0.05) is 38.4 Å². The van der Waals surface area contributed by atoms with Crippen molar-refractivity contribution >= 4 is 17.3 Å². The van der Waals surface area contributed by atoms with Crippen molar-refractivity contribution in [3.63, 3.8) is 0 Å². The van der Waals surface area contributed by atoms with Crippen LogP contribution in [0.4, 0.5) is 5.69 Å². The highest BCUT2D eigenvalue weighted by molar-refractivity contribution is 6.33. The lowest BCUT2D eigenvalue weighted by Crippen LogP contribution is -2.13. The van der Waals surface area contributed by atoms with Crippen LogP contribution in [0, 0.1) is 0 Å². The second kappa shape index (κ2) is 4.32. The van der Waals surface area contributed by atoms with E-state index in [1.807, 2.05) is 30.1 Å². The number of hydrogen-bond donors (Lipinski definition) is 1. The van der Waals surface area contributed by atoms with Crippen molar-refractivity contribution in [2.45, 2.75) is 26.2 Å². The first-order valence-corrected chi connectivity index (χ1v) is 6.26. The van der Waals surface area contributed by atoms with Gasteiger partial charge < -0.3 is 5.73 Å². The third-order valence-electron chi connectivity index (χ3n) is 2.82. The molecular formula is C14H18ClN3. The van der Waals surface area contributed by atoms with Crippen LogP contribution in [0.15, 0.2) is 24.4 Å². The second-order valence-corrected chi connectivity index (χ2v) is 5.96. The fraction of sp³-hybridized carbons (Fsp3) is 0.357. The second-order valence-electron chi connectivity index (χ2n) is 5.55. The summed E-state index contributed by atoms with van der Waals surface area (Å²) in [6, 6.07) is 5.58. The highest BCUT2D eigenvalue weighted by atomic mass is 35.5. The third kappa shape index (κ3) is 2.36. The van der Waals surface area contributed by atoms with E-state index in [1.54, 1.807) is 6.07 Å². The normalized spacial score (nSPS) is 11.8. The first-order chi connectivity index (χ1) is 8.29. The van der Waals surface area contributed by atoms with Crippen molar-refractivity contribution in [2.75, 3.05) is 5.73 Å². The zero-order valence-electron chi connectivity index (χ0n) is 11.2. The number of anilines is 1. The van der Waals surface area contributed by atoms with Crippen LogP contribution in [0.3, 0.4) is 0 Å². The summed E-state index contributed by atoms with van der Waals surface area (Å²) in [5.41, 5.74) is 9.45. The number of halogens is 1. The number of aromatic nitrogens is 2. The van der Waals surface area contributed by atoms with Crippen molar-refractivity contribution in [2.24, 2.45) is 7.05 Å². The Morgan fingerprint density at radius 2 is 1.89 bits per heavy atom. The Kier molecular flexibility index (Phi) is 3.11. The third-order valence-corrected chi connectivity index (χ3v) is 3.14. The molecule has 1 aromatic carbocycles. The van der Waals surface area contributed by atoms with Crippen molar-refractivity contribution in [1.82, 2.24) is 9.78 Å². The highest BCUT2D eigenvalue weighted by Gasteiger charge is 2.23. The summed E-state index contributed by atoms with van der Waals surface area (Å²) >= 11 is 6.28. The molecule has 2 N–H and O–H groups in total. The fourth-order valence-corrected chi connectivity index (χ4v) is 2.28. The number of benzene rings is 1. The van der Waals surface area contributed by atoms with E-state index < -0.39 is 0 Å². The largest absolute Gasteiger partial charge is 0.399 e. The molecule has 0 amide bonds. The van der Waals surface area contributed by atoms with Crippen LogP contribution >= 0.6 is 11.6 Å². The molecule has 0 unspecified atom stereocenters. The van der Waals surface area contributed by atoms with E-state index in [1.165, 1.54) is 0 Å². The van der Waals surface area contributed by atoms with Gasteiger partial charge in [-0.2, -0.15) is 5.10 Å².